The highest BCUT2D eigenvalue weighted by molar-refractivity contribution is 7.92. The maximum absolute atomic E-state index is 14.6. The molecule has 1 aliphatic rings. The highest BCUT2D eigenvalue weighted by Gasteiger charge is 2.53. The number of pyridine rings is 1. The molecule has 1 N–H and O–H groups in total. The lowest BCUT2D eigenvalue weighted by molar-refractivity contribution is 0.0121. The minimum absolute atomic E-state index is 0. The first-order valence-corrected chi connectivity index (χ1v) is 8.18. The van der Waals surface area contributed by atoms with Gasteiger partial charge in [-0.15, -0.1) is 12.4 Å². The van der Waals surface area contributed by atoms with Crippen molar-refractivity contribution in [2.24, 2.45) is 5.92 Å². The van der Waals surface area contributed by atoms with Gasteiger partial charge in [-0.3, -0.25) is 0 Å². The number of nitrogens with one attached hydrogen (secondary N) is 1. The molecule has 122 valence electrons. The van der Waals surface area contributed by atoms with Crippen LogP contribution >= 0.6 is 12.4 Å². The van der Waals surface area contributed by atoms with Crippen LogP contribution in [0.2, 0.25) is 0 Å². The summed E-state index contributed by atoms with van der Waals surface area (Å²) in [5, 5.41) is -0.830. The van der Waals surface area contributed by atoms with Crippen molar-refractivity contribution in [1.29, 1.82) is 0 Å². The van der Waals surface area contributed by atoms with Gasteiger partial charge in [0.15, 0.2) is 5.65 Å². The minimum Gasteiger partial charge on any atom is -0.317 e. The number of hydrogen-bond acceptors (Lipinski definition) is 4. The van der Waals surface area contributed by atoms with Crippen molar-refractivity contribution in [3.8, 4) is 0 Å². The summed E-state index contributed by atoms with van der Waals surface area (Å²) < 4.78 is 55.4. The third-order valence-electron chi connectivity index (χ3n) is 3.85. The summed E-state index contributed by atoms with van der Waals surface area (Å²) in [5.74, 6) is -1.17. The van der Waals surface area contributed by atoms with Crippen LogP contribution in [0, 0.1) is 5.92 Å². The summed E-state index contributed by atoms with van der Waals surface area (Å²) in [6.45, 7) is 0.812. The highest BCUT2D eigenvalue weighted by Crippen LogP contribution is 2.40. The summed E-state index contributed by atoms with van der Waals surface area (Å²) in [7, 11) is -4.78. The van der Waals surface area contributed by atoms with E-state index in [2.05, 4.69) is 10.3 Å². The molecule has 0 atom stereocenters. The van der Waals surface area contributed by atoms with E-state index in [9.17, 15) is 17.2 Å². The molecule has 3 heterocycles. The monoisotopic (exact) mass is 351 g/mol. The Morgan fingerprint density at radius 1 is 1.27 bits per heavy atom. The van der Waals surface area contributed by atoms with Crippen LogP contribution in [0.4, 0.5) is 8.78 Å². The number of piperidine rings is 1. The van der Waals surface area contributed by atoms with E-state index in [0.717, 1.165) is 0 Å². The summed E-state index contributed by atoms with van der Waals surface area (Å²) >= 11 is 0. The molecule has 0 bridgehead atoms. The van der Waals surface area contributed by atoms with Crippen molar-refractivity contribution in [2.45, 2.75) is 23.0 Å². The molecule has 1 fully saturated rings. The van der Waals surface area contributed by atoms with E-state index in [-0.39, 0.29) is 30.9 Å². The fourth-order valence-electron chi connectivity index (χ4n) is 2.66. The average Bonchev–Trinajstić information content (AvgIpc) is 2.96. The number of fused-ring (bicyclic) bond motifs is 1. The molecule has 1 aliphatic heterocycles. The fourth-order valence-corrected chi connectivity index (χ4v) is 4.28. The van der Waals surface area contributed by atoms with E-state index in [0.29, 0.717) is 13.1 Å². The molecule has 0 unspecified atom stereocenters. The summed E-state index contributed by atoms with van der Waals surface area (Å²) in [6.07, 6.45) is 4.77. The zero-order valence-electron chi connectivity index (χ0n) is 11.6. The molecule has 0 saturated carbocycles. The van der Waals surface area contributed by atoms with Crippen LogP contribution in [0.25, 0.3) is 5.65 Å². The Morgan fingerprint density at radius 3 is 2.64 bits per heavy atom. The molecule has 0 amide bonds. The lowest BCUT2D eigenvalue weighted by Crippen LogP contribution is -2.43. The zero-order chi connectivity index (χ0) is 15.1. The largest absolute Gasteiger partial charge is 0.353 e. The smallest absolute Gasteiger partial charge is 0.317 e. The van der Waals surface area contributed by atoms with E-state index in [4.69, 9.17) is 0 Å². The predicted molar refractivity (Wildman–Crippen MR) is 80.2 cm³/mol. The second-order valence-corrected chi connectivity index (χ2v) is 7.11. The van der Waals surface area contributed by atoms with E-state index < -0.39 is 25.9 Å². The van der Waals surface area contributed by atoms with Crippen LogP contribution in [-0.2, 0) is 9.84 Å². The molecule has 2 aromatic rings. The molecule has 0 spiro atoms. The first-order valence-electron chi connectivity index (χ1n) is 6.69. The van der Waals surface area contributed by atoms with Crippen molar-refractivity contribution in [1.82, 2.24) is 14.7 Å². The molecule has 5 nitrogen and oxygen atoms in total. The van der Waals surface area contributed by atoms with E-state index in [1.165, 1.54) is 28.9 Å². The molecule has 3 rings (SSSR count). The summed E-state index contributed by atoms with van der Waals surface area (Å²) in [4.78, 5) is 3.46. The number of aromatic nitrogens is 2. The molecule has 1 saturated heterocycles. The molecule has 9 heteroatoms. The Balaban J connectivity index is 0.00000176. The van der Waals surface area contributed by atoms with Crippen LogP contribution in [0.5, 0.6) is 0 Å². The Morgan fingerprint density at radius 2 is 1.95 bits per heavy atom. The van der Waals surface area contributed by atoms with Gasteiger partial charge in [-0.2, -0.15) is 8.78 Å². The van der Waals surface area contributed by atoms with Gasteiger partial charge in [0.1, 0.15) is 4.90 Å². The van der Waals surface area contributed by atoms with Gasteiger partial charge in [-0.1, -0.05) is 0 Å². The van der Waals surface area contributed by atoms with Crippen molar-refractivity contribution in [3.05, 3.63) is 30.7 Å². The number of sulfone groups is 1. The molecule has 0 aliphatic carbocycles. The lowest BCUT2D eigenvalue weighted by atomic mass is 9.99. The standard InChI is InChI=1S/C13H15F2N3O2S.ClH/c14-13(15,10-3-5-16-6-4-10)21(19,20)11-2-1-8-18-9-7-17-12(11)18;/h1-2,7-10,16H,3-6H2;1H. The van der Waals surface area contributed by atoms with Crippen LogP contribution in [0.1, 0.15) is 12.8 Å². The number of rotatable bonds is 3. The molecular weight excluding hydrogens is 336 g/mol. The van der Waals surface area contributed by atoms with Crippen molar-refractivity contribution in [2.75, 3.05) is 13.1 Å². The topological polar surface area (TPSA) is 63.5 Å². The first kappa shape index (κ1) is 17.1. The highest BCUT2D eigenvalue weighted by atomic mass is 35.5. The van der Waals surface area contributed by atoms with Crippen LogP contribution in [-0.4, -0.2) is 36.1 Å². The number of alkyl halides is 2. The van der Waals surface area contributed by atoms with E-state index in [1.54, 1.807) is 6.20 Å². The summed E-state index contributed by atoms with van der Waals surface area (Å²) in [5.41, 5.74) is 0.0334. The number of hydrogen-bond donors (Lipinski definition) is 1. The van der Waals surface area contributed by atoms with Gasteiger partial charge in [-0.25, -0.2) is 13.4 Å². The summed E-state index contributed by atoms with van der Waals surface area (Å²) in [6, 6.07) is 2.62. The second kappa shape index (κ2) is 6.10. The van der Waals surface area contributed by atoms with Crippen LogP contribution in [0.15, 0.2) is 35.6 Å². The van der Waals surface area contributed by atoms with Gasteiger partial charge in [0.05, 0.1) is 0 Å². The number of nitrogens with zero attached hydrogens (tertiary/aromatic N) is 2. The third kappa shape index (κ3) is 2.59. The Hall–Kier alpha value is -1.25. The second-order valence-electron chi connectivity index (χ2n) is 5.12. The van der Waals surface area contributed by atoms with Gasteiger partial charge in [-0.05, 0) is 38.1 Å². The lowest BCUT2D eigenvalue weighted by Gasteiger charge is -2.30. The average molecular weight is 352 g/mol. The SMILES string of the molecule is Cl.O=S(=O)(c1cccn2ccnc12)C(F)(F)C1CCNCC1. The van der Waals surface area contributed by atoms with Crippen molar-refractivity contribution in [3.63, 3.8) is 0 Å². The Kier molecular flexibility index (Phi) is 4.74. The molecule has 2 aromatic heterocycles. The zero-order valence-corrected chi connectivity index (χ0v) is 13.2. The quantitative estimate of drug-likeness (QED) is 0.920. The van der Waals surface area contributed by atoms with E-state index >= 15 is 0 Å². The maximum atomic E-state index is 14.6. The molecular formula is C13H16ClF2N3O2S. The maximum Gasteiger partial charge on any atom is 0.353 e. The number of imidazole rings is 1. The van der Waals surface area contributed by atoms with Gasteiger partial charge in [0.25, 0.3) is 0 Å². The molecule has 0 radical (unpaired) electrons. The normalized spacial score (nSPS) is 17.4. The van der Waals surface area contributed by atoms with Crippen molar-refractivity contribution < 1.29 is 17.2 Å². The molecule has 22 heavy (non-hydrogen) atoms. The van der Waals surface area contributed by atoms with Gasteiger partial charge >= 0.3 is 5.25 Å². The first-order chi connectivity index (χ1) is 9.94. The van der Waals surface area contributed by atoms with E-state index in [1.807, 2.05) is 0 Å². The fraction of sp³-hybridized carbons (Fsp3) is 0.462. The number of halogens is 3. The van der Waals surface area contributed by atoms with Gasteiger partial charge in [0.2, 0.25) is 9.84 Å². The Bertz CT molecular complexity index is 757. The third-order valence-corrected chi connectivity index (χ3v) is 5.79. The van der Waals surface area contributed by atoms with Gasteiger partial charge in [0, 0.05) is 24.5 Å². The van der Waals surface area contributed by atoms with Crippen LogP contribution < -0.4 is 5.32 Å². The predicted octanol–water partition coefficient (Wildman–Crippen LogP) is 2.12. The van der Waals surface area contributed by atoms with Gasteiger partial charge < -0.3 is 9.72 Å². The minimum atomic E-state index is -4.78. The Labute approximate surface area is 133 Å². The molecule has 0 aromatic carbocycles. The van der Waals surface area contributed by atoms with Crippen LogP contribution in [0.3, 0.4) is 0 Å². The van der Waals surface area contributed by atoms with Crippen molar-refractivity contribution >= 4 is 27.9 Å².